The second-order valence-electron chi connectivity index (χ2n) is 6.15. The molecule has 148 valence electrons. The van der Waals surface area contributed by atoms with Gasteiger partial charge in [-0.25, -0.2) is 9.37 Å². The van der Waals surface area contributed by atoms with E-state index in [-0.39, 0.29) is 23.0 Å². The molecule has 0 bridgehead atoms. The van der Waals surface area contributed by atoms with Crippen molar-refractivity contribution in [3.05, 3.63) is 50.9 Å². The highest BCUT2D eigenvalue weighted by atomic mass is 32.2. The summed E-state index contributed by atoms with van der Waals surface area (Å²) in [5.41, 5.74) is 1.33. The number of rotatable bonds is 7. The van der Waals surface area contributed by atoms with Gasteiger partial charge < -0.3 is 10.1 Å². The van der Waals surface area contributed by atoms with E-state index in [1.165, 1.54) is 47.4 Å². The number of hydrogen-bond donors (Lipinski definition) is 1. The summed E-state index contributed by atoms with van der Waals surface area (Å²) < 4.78 is 19.6. The van der Waals surface area contributed by atoms with Crippen LogP contribution in [0, 0.1) is 19.7 Å². The van der Waals surface area contributed by atoms with E-state index in [0.717, 1.165) is 10.4 Å². The molecule has 0 saturated heterocycles. The van der Waals surface area contributed by atoms with E-state index >= 15 is 0 Å². The van der Waals surface area contributed by atoms with Crippen molar-refractivity contribution >= 4 is 44.9 Å². The Kier molecular flexibility index (Phi) is 6.48. The number of nitrogens with one attached hydrogen (secondary N) is 1. The van der Waals surface area contributed by atoms with E-state index in [1.807, 2.05) is 13.8 Å². The third-order valence-corrected chi connectivity index (χ3v) is 6.31. The maximum Gasteiger partial charge on any atom is 0.263 e. The van der Waals surface area contributed by atoms with Crippen LogP contribution in [-0.4, -0.2) is 34.9 Å². The number of amides is 1. The molecule has 0 radical (unpaired) electrons. The molecule has 1 amide bonds. The standard InChI is InChI=1S/C19H20FN3O3S2/c1-11-12(2)28-17-16(11)18(25)23(8-9-26-3)19(22-17)27-10-15(24)21-14-6-4-13(20)5-7-14/h4-7H,8-10H2,1-3H3,(H,21,24). The lowest BCUT2D eigenvalue weighted by atomic mass is 10.2. The number of fused-ring (bicyclic) bond motifs is 1. The number of carbonyl (C=O) groups is 1. The van der Waals surface area contributed by atoms with Gasteiger partial charge in [0.05, 0.1) is 24.3 Å². The number of anilines is 1. The summed E-state index contributed by atoms with van der Waals surface area (Å²) in [4.78, 5) is 31.6. The number of thiophene rings is 1. The number of nitrogens with zero attached hydrogens (tertiary/aromatic N) is 2. The van der Waals surface area contributed by atoms with Crippen LogP contribution < -0.4 is 10.9 Å². The van der Waals surface area contributed by atoms with E-state index in [2.05, 4.69) is 10.3 Å². The molecule has 2 aromatic heterocycles. The molecule has 9 heteroatoms. The largest absolute Gasteiger partial charge is 0.383 e. The molecule has 0 aliphatic heterocycles. The minimum atomic E-state index is -0.367. The normalized spacial score (nSPS) is 11.1. The maximum absolute atomic E-state index is 13.0. The average molecular weight is 422 g/mol. The molecule has 2 heterocycles. The van der Waals surface area contributed by atoms with Gasteiger partial charge in [-0.1, -0.05) is 11.8 Å². The Bertz CT molecular complexity index is 1060. The summed E-state index contributed by atoms with van der Waals surface area (Å²) in [5, 5.41) is 3.80. The molecule has 0 spiro atoms. The highest BCUT2D eigenvalue weighted by molar-refractivity contribution is 7.99. The monoisotopic (exact) mass is 421 g/mol. The number of benzene rings is 1. The molecule has 0 fully saturated rings. The van der Waals surface area contributed by atoms with Gasteiger partial charge >= 0.3 is 0 Å². The zero-order valence-electron chi connectivity index (χ0n) is 15.7. The summed E-state index contributed by atoms with van der Waals surface area (Å²) in [6.07, 6.45) is 0. The number of halogens is 1. The SMILES string of the molecule is COCCn1c(SCC(=O)Nc2ccc(F)cc2)nc2sc(C)c(C)c2c1=O. The maximum atomic E-state index is 13.0. The molecule has 1 N–H and O–H groups in total. The van der Waals surface area contributed by atoms with Crippen LogP contribution in [0.1, 0.15) is 10.4 Å². The molecule has 0 saturated carbocycles. The van der Waals surface area contributed by atoms with Gasteiger partial charge in [0.25, 0.3) is 5.56 Å². The zero-order chi connectivity index (χ0) is 20.3. The van der Waals surface area contributed by atoms with Crippen molar-refractivity contribution in [1.82, 2.24) is 9.55 Å². The van der Waals surface area contributed by atoms with E-state index < -0.39 is 0 Å². The van der Waals surface area contributed by atoms with Gasteiger partial charge in [-0.15, -0.1) is 11.3 Å². The predicted molar refractivity (Wildman–Crippen MR) is 111 cm³/mol. The molecule has 0 atom stereocenters. The first-order chi connectivity index (χ1) is 13.4. The fourth-order valence-corrected chi connectivity index (χ4v) is 4.55. The molecule has 0 aliphatic rings. The van der Waals surface area contributed by atoms with Crippen molar-refractivity contribution in [1.29, 1.82) is 0 Å². The van der Waals surface area contributed by atoms with Crippen molar-refractivity contribution in [2.75, 3.05) is 24.8 Å². The number of aryl methyl sites for hydroxylation is 2. The molecule has 6 nitrogen and oxygen atoms in total. The van der Waals surface area contributed by atoms with Gasteiger partial charge in [-0.2, -0.15) is 0 Å². The number of ether oxygens (including phenoxy) is 1. The first-order valence-corrected chi connectivity index (χ1v) is 10.4. The minimum Gasteiger partial charge on any atom is -0.383 e. The second kappa shape index (κ2) is 8.85. The first-order valence-electron chi connectivity index (χ1n) is 8.58. The molecule has 28 heavy (non-hydrogen) atoms. The average Bonchev–Trinajstić information content (AvgIpc) is 2.95. The quantitative estimate of drug-likeness (QED) is 0.466. The van der Waals surface area contributed by atoms with Gasteiger partial charge in [-0.3, -0.25) is 14.2 Å². The summed E-state index contributed by atoms with van der Waals surface area (Å²) in [6, 6.07) is 5.55. The number of carbonyl (C=O) groups excluding carboxylic acids is 1. The van der Waals surface area contributed by atoms with E-state index in [1.54, 1.807) is 11.7 Å². The van der Waals surface area contributed by atoms with Crippen molar-refractivity contribution in [2.45, 2.75) is 25.5 Å². The zero-order valence-corrected chi connectivity index (χ0v) is 17.4. The minimum absolute atomic E-state index is 0.0750. The fraction of sp³-hybridized carbons (Fsp3) is 0.316. The van der Waals surface area contributed by atoms with Crippen LogP contribution in [0.3, 0.4) is 0 Å². The highest BCUT2D eigenvalue weighted by Crippen LogP contribution is 2.28. The Morgan fingerprint density at radius 1 is 1.32 bits per heavy atom. The Balaban J connectivity index is 1.83. The second-order valence-corrected chi connectivity index (χ2v) is 8.30. The van der Waals surface area contributed by atoms with Gasteiger partial charge in [0.1, 0.15) is 10.6 Å². The third kappa shape index (κ3) is 4.43. The Morgan fingerprint density at radius 3 is 2.71 bits per heavy atom. The van der Waals surface area contributed by atoms with Crippen molar-refractivity contribution in [3.8, 4) is 0 Å². The van der Waals surface area contributed by atoms with Crippen LogP contribution in [0.4, 0.5) is 10.1 Å². The molecule has 3 rings (SSSR count). The highest BCUT2D eigenvalue weighted by Gasteiger charge is 2.17. The summed E-state index contributed by atoms with van der Waals surface area (Å²) >= 11 is 2.66. The fourth-order valence-electron chi connectivity index (χ4n) is 2.66. The van der Waals surface area contributed by atoms with Crippen LogP contribution in [0.5, 0.6) is 0 Å². The Labute approximate surface area is 169 Å². The van der Waals surface area contributed by atoms with E-state index in [4.69, 9.17) is 4.74 Å². The molecular formula is C19H20FN3O3S2. The number of thioether (sulfide) groups is 1. The van der Waals surface area contributed by atoms with Crippen LogP contribution in [0.15, 0.2) is 34.2 Å². The summed E-state index contributed by atoms with van der Waals surface area (Å²) in [7, 11) is 1.57. The van der Waals surface area contributed by atoms with Crippen LogP contribution >= 0.6 is 23.1 Å². The van der Waals surface area contributed by atoms with Gasteiger partial charge in [0, 0.05) is 17.7 Å². The van der Waals surface area contributed by atoms with Gasteiger partial charge in [-0.05, 0) is 43.7 Å². The van der Waals surface area contributed by atoms with Gasteiger partial charge in [0.15, 0.2) is 5.16 Å². The first kappa shape index (κ1) is 20.5. The number of methoxy groups -OCH3 is 1. The van der Waals surface area contributed by atoms with Crippen molar-refractivity contribution < 1.29 is 13.9 Å². The summed E-state index contributed by atoms with van der Waals surface area (Å²) in [5.74, 6) is -0.553. The summed E-state index contributed by atoms with van der Waals surface area (Å²) in [6.45, 7) is 4.60. The predicted octanol–water partition coefficient (Wildman–Crippen LogP) is 3.59. The number of aromatic nitrogens is 2. The molecule has 0 unspecified atom stereocenters. The smallest absolute Gasteiger partial charge is 0.263 e. The Morgan fingerprint density at radius 2 is 2.04 bits per heavy atom. The van der Waals surface area contributed by atoms with Gasteiger partial charge in [0.2, 0.25) is 5.91 Å². The lowest BCUT2D eigenvalue weighted by Gasteiger charge is -2.12. The van der Waals surface area contributed by atoms with Crippen molar-refractivity contribution in [2.24, 2.45) is 0 Å². The molecule has 3 aromatic rings. The van der Waals surface area contributed by atoms with Crippen LogP contribution in [0.25, 0.3) is 10.2 Å². The molecular weight excluding hydrogens is 401 g/mol. The number of hydrogen-bond acceptors (Lipinski definition) is 6. The van der Waals surface area contributed by atoms with E-state index in [0.29, 0.717) is 34.2 Å². The van der Waals surface area contributed by atoms with Crippen molar-refractivity contribution in [3.63, 3.8) is 0 Å². The molecule has 1 aromatic carbocycles. The Hall–Kier alpha value is -2.23. The van der Waals surface area contributed by atoms with Crippen LogP contribution in [0.2, 0.25) is 0 Å². The van der Waals surface area contributed by atoms with E-state index in [9.17, 15) is 14.0 Å². The lowest BCUT2D eigenvalue weighted by molar-refractivity contribution is -0.113. The van der Waals surface area contributed by atoms with Crippen LogP contribution in [-0.2, 0) is 16.1 Å². The topological polar surface area (TPSA) is 73.2 Å². The molecule has 0 aliphatic carbocycles. The third-order valence-electron chi connectivity index (χ3n) is 4.23. The lowest BCUT2D eigenvalue weighted by Crippen LogP contribution is -2.26.